The maximum atomic E-state index is 12.3. The van der Waals surface area contributed by atoms with E-state index in [9.17, 15) is 9.00 Å². The Bertz CT molecular complexity index is 674. The summed E-state index contributed by atoms with van der Waals surface area (Å²) in [6, 6.07) is 16.3. The molecule has 3 N–H and O–H groups in total. The third kappa shape index (κ3) is 5.30. The van der Waals surface area contributed by atoms with Gasteiger partial charge >= 0.3 is 0 Å². The topological polar surface area (TPSA) is 72.2 Å². The van der Waals surface area contributed by atoms with Crippen molar-refractivity contribution in [3.05, 3.63) is 60.2 Å². The summed E-state index contributed by atoms with van der Waals surface area (Å²) in [5.74, 6) is 0.225. The minimum atomic E-state index is -1.10. The Kier molecular flexibility index (Phi) is 6.50. The van der Waals surface area contributed by atoms with Crippen molar-refractivity contribution < 1.29 is 9.00 Å². The molecule has 0 aliphatic rings. The van der Waals surface area contributed by atoms with Crippen molar-refractivity contribution in [1.29, 1.82) is 0 Å². The number of hydrogen-bond donors (Lipinski definition) is 2. The summed E-state index contributed by atoms with van der Waals surface area (Å²) in [4.78, 5) is 12.8. The van der Waals surface area contributed by atoms with Gasteiger partial charge in [-0.25, -0.2) is 0 Å². The van der Waals surface area contributed by atoms with E-state index >= 15 is 0 Å². The molecule has 0 aromatic heterocycles. The molecule has 0 fully saturated rings. The highest BCUT2D eigenvalue weighted by Crippen LogP contribution is 2.16. The highest BCUT2D eigenvalue weighted by atomic mass is 32.2. The van der Waals surface area contributed by atoms with Crippen molar-refractivity contribution in [2.45, 2.75) is 36.5 Å². The van der Waals surface area contributed by atoms with Crippen molar-refractivity contribution in [1.82, 2.24) is 0 Å². The zero-order valence-corrected chi connectivity index (χ0v) is 14.0. The Morgan fingerprint density at radius 3 is 2.61 bits per heavy atom. The van der Waals surface area contributed by atoms with Gasteiger partial charge in [-0.2, -0.15) is 0 Å². The summed E-state index contributed by atoms with van der Waals surface area (Å²) in [7, 11) is -1.10. The smallest absolute Gasteiger partial charge is 0.241 e. The van der Waals surface area contributed by atoms with Gasteiger partial charge in [0.25, 0.3) is 0 Å². The molecule has 0 aliphatic carbocycles. The van der Waals surface area contributed by atoms with Gasteiger partial charge in [0.15, 0.2) is 0 Å². The van der Waals surface area contributed by atoms with Crippen LogP contribution in [0.4, 0.5) is 5.69 Å². The van der Waals surface area contributed by atoms with E-state index in [2.05, 4.69) is 5.32 Å². The summed E-state index contributed by atoms with van der Waals surface area (Å²) >= 11 is 0. The first kappa shape index (κ1) is 17.4. The Hall–Kier alpha value is -1.98. The first-order chi connectivity index (χ1) is 11.1. The predicted molar refractivity (Wildman–Crippen MR) is 94.5 cm³/mol. The number of rotatable bonds is 7. The third-order valence-corrected chi connectivity index (χ3v) is 4.83. The van der Waals surface area contributed by atoms with Crippen LogP contribution in [0.25, 0.3) is 0 Å². The van der Waals surface area contributed by atoms with E-state index in [-0.39, 0.29) is 5.91 Å². The van der Waals surface area contributed by atoms with Gasteiger partial charge in [-0.15, -0.1) is 0 Å². The fourth-order valence-electron chi connectivity index (χ4n) is 2.22. The van der Waals surface area contributed by atoms with Gasteiger partial charge in [-0.1, -0.05) is 43.7 Å². The van der Waals surface area contributed by atoms with Crippen molar-refractivity contribution in [3.63, 3.8) is 0 Å². The van der Waals surface area contributed by atoms with Crippen molar-refractivity contribution in [2.24, 2.45) is 5.73 Å². The van der Waals surface area contributed by atoms with E-state index < -0.39 is 16.8 Å². The number of carbonyl (C=O) groups is 1. The molecule has 0 heterocycles. The average molecular weight is 330 g/mol. The van der Waals surface area contributed by atoms with Gasteiger partial charge in [-0.05, 0) is 36.2 Å². The van der Waals surface area contributed by atoms with E-state index in [1.165, 1.54) is 0 Å². The van der Waals surface area contributed by atoms with Crippen molar-refractivity contribution in [2.75, 3.05) is 5.32 Å². The SMILES string of the molecule is CCCC(N)C(=O)Nc1cccc(CS(=O)c2ccccc2)c1. The van der Waals surface area contributed by atoms with Crippen molar-refractivity contribution >= 4 is 22.4 Å². The van der Waals surface area contributed by atoms with E-state index in [1.54, 1.807) is 0 Å². The molecule has 0 saturated heterocycles. The number of benzene rings is 2. The summed E-state index contributed by atoms with van der Waals surface area (Å²) in [5, 5.41) is 2.82. The van der Waals surface area contributed by atoms with Gasteiger partial charge in [0.1, 0.15) is 0 Å². The minimum Gasteiger partial charge on any atom is -0.325 e. The number of nitrogens with one attached hydrogen (secondary N) is 1. The monoisotopic (exact) mass is 330 g/mol. The zero-order valence-electron chi connectivity index (χ0n) is 13.2. The lowest BCUT2D eigenvalue weighted by molar-refractivity contribution is -0.117. The normalized spacial score (nSPS) is 13.3. The van der Waals surface area contributed by atoms with Crippen LogP contribution in [-0.2, 0) is 21.3 Å². The summed E-state index contributed by atoms with van der Waals surface area (Å²) in [5.41, 5.74) is 7.41. The average Bonchev–Trinajstić information content (AvgIpc) is 2.56. The molecule has 2 unspecified atom stereocenters. The quantitative estimate of drug-likeness (QED) is 0.819. The molecular formula is C18H22N2O2S. The first-order valence-corrected chi connectivity index (χ1v) is 9.01. The number of amides is 1. The molecule has 0 aliphatic heterocycles. The zero-order chi connectivity index (χ0) is 16.7. The lowest BCUT2D eigenvalue weighted by Gasteiger charge is -2.12. The lowest BCUT2D eigenvalue weighted by Crippen LogP contribution is -2.35. The second kappa shape index (κ2) is 8.60. The van der Waals surface area contributed by atoms with Crippen LogP contribution >= 0.6 is 0 Å². The summed E-state index contributed by atoms with van der Waals surface area (Å²) in [6.07, 6.45) is 1.52. The van der Waals surface area contributed by atoms with E-state index in [0.717, 1.165) is 16.9 Å². The molecule has 0 spiro atoms. The molecule has 1 amide bonds. The van der Waals surface area contributed by atoms with Gasteiger partial charge in [0, 0.05) is 10.6 Å². The Balaban J connectivity index is 2.02. The Labute approximate surface area is 139 Å². The molecule has 5 heteroatoms. The molecule has 2 aromatic carbocycles. The van der Waals surface area contributed by atoms with Gasteiger partial charge in [0.05, 0.1) is 22.6 Å². The second-order valence-electron chi connectivity index (χ2n) is 5.39. The molecule has 2 rings (SSSR count). The summed E-state index contributed by atoms with van der Waals surface area (Å²) in [6.45, 7) is 1.99. The summed E-state index contributed by atoms with van der Waals surface area (Å²) < 4.78 is 12.3. The number of hydrogen-bond acceptors (Lipinski definition) is 3. The van der Waals surface area contributed by atoms with Crippen LogP contribution in [-0.4, -0.2) is 16.2 Å². The molecule has 2 aromatic rings. The molecule has 2 atom stereocenters. The Morgan fingerprint density at radius 1 is 1.17 bits per heavy atom. The van der Waals surface area contributed by atoms with Crippen LogP contribution < -0.4 is 11.1 Å². The highest BCUT2D eigenvalue weighted by molar-refractivity contribution is 7.84. The van der Waals surface area contributed by atoms with Crippen LogP contribution in [0.5, 0.6) is 0 Å². The lowest BCUT2D eigenvalue weighted by atomic mass is 10.1. The predicted octanol–water partition coefficient (Wildman–Crippen LogP) is 3.06. The molecule has 0 bridgehead atoms. The van der Waals surface area contributed by atoms with Crippen LogP contribution in [0, 0.1) is 0 Å². The molecule has 4 nitrogen and oxygen atoms in total. The maximum Gasteiger partial charge on any atom is 0.241 e. The highest BCUT2D eigenvalue weighted by Gasteiger charge is 2.12. The fraction of sp³-hybridized carbons (Fsp3) is 0.278. The number of nitrogens with two attached hydrogens (primary N) is 1. The number of carbonyl (C=O) groups excluding carboxylic acids is 1. The molecule has 0 saturated carbocycles. The molecule has 0 radical (unpaired) electrons. The number of anilines is 1. The van der Waals surface area contributed by atoms with Gasteiger partial charge < -0.3 is 11.1 Å². The van der Waals surface area contributed by atoms with Crippen LogP contribution in [0.2, 0.25) is 0 Å². The third-order valence-electron chi connectivity index (χ3n) is 3.43. The van der Waals surface area contributed by atoms with Gasteiger partial charge in [0.2, 0.25) is 5.91 Å². The molecule has 23 heavy (non-hydrogen) atoms. The van der Waals surface area contributed by atoms with E-state index in [1.807, 2.05) is 61.5 Å². The van der Waals surface area contributed by atoms with E-state index in [0.29, 0.717) is 17.9 Å². The van der Waals surface area contributed by atoms with Gasteiger partial charge in [-0.3, -0.25) is 9.00 Å². The second-order valence-corrected chi connectivity index (χ2v) is 6.84. The standard InChI is InChI=1S/C18H22N2O2S/c1-2-7-17(19)18(21)20-15-9-6-8-14(12-15)13-23(22)16-10-4-3-5-11-16/h3-6,8-12,17H,2,7,13,19H2,1H3,(H,20,21). The maximum absolute atomic E-state index is 12.3. The van der Waals surface area contributed by atoms with E-state index in [4.69, 9.17) is 5.73 Å². The largest absolute Gasteiger partial charge is 0.325 e. The first-order valence-electron chi connectivity index (χ1n) is 7.69. The molecular weight excluding hydrogens is 308 g/mol. The van der Waals surface area contributed by atoms with Crippen molar-refractivity contribution in [3.8, 4) is 0 Å². The fourth-order valence-corrected chi connectivity index (χ4v) is 3.33. The minimum absolute atomic E-state index is 0.187. The van der Waals surface area contributed by atoms with Crippen LogP contribution in [0.15, 0.2) is 59.5 Å². The van der Waals surface area contributed by atoms with Crippen LogP contribution in [0.1, 0.15) is 25.3 Å². The van der Waals surface area contributed by atoms with Crippen LogP contribution in [0.3, 0.4) is 0 Å². The Morgan fingerprint density at radius 2 is 1.91 bits per heavy atom. The molecule has 122 valence electrons.